The molecule has 0 unspecified atom stereocenters. The summed E-state index contributed by atoms with van der Waals surface area (Å²) < 4.78 is 14.0. The number of nitrogens with one attached hydrogen (secondary N) is 2. The van der Waals surface area contributed by atoms with Crippen molar-refractivity contribution in [2.75, 3.05) is 13.1 Å². The lowest BCUT2D eigenvalue weighted by atomic mass is 10.1. The Morgan fingerprint density at radius 2 is 1.59 bits per heavy atom. The highest BCUT2D eigenvalue weighted by Gasteiger charge is 2.01. The molecule has 0 fully saturated rings. The zero-order valence-electron chi connectivity index (χ0n) is 12.1. The first-order chi connectivity index (χ1) is 10.6. The summed E-state index contributed by atoms with van der Waals surface area (Å²) >= 11 is 3.39. The summed E-state index contributed by atoms with van der Waals surface area (Å²) in [4.78, 5) is 11.6. The zero-order chi connectivity index (χ0) is 15.8. The molecule has 0 bridgehead atoms. The molecule has 0 aliphatic heterocycles. The largest absolute Gasteiger partial charge is 0.338 e. The standard InChI is InChI=1S/C17H18BrFN2O/c18-15-6-4-13(5-7-15)8-10-20-17(22)21-11-9-14-2-1-3-16(19)12-14/h1-7,12H,8-11H2,(H2,20,21,22). The molecule has 2 rings (SSSR count). The maximum Gasteiger partial charge on any atom is 0.314 e. The van der Waals surface area contributed by atoms with E-state index in [4.69, 9.17) is 0 Å². The molecule has 0 saturated carbocycles. The van der Waals surface area contributed by atoms with Crippen LogP contribution in [0.4, 0.5) is 9.18 Å². The monoisotopic (exact) mass is 364 g/mol. The number of carbonyl (C=O) groups excluding carboxylic acids is 1. The number of carbonyl (C=O) groups is 1. The smallest absolute Gasteiger partial charge is 0.314 e. The molecular formula is C17H18BrFN2O. The van der Waals surface area contributed by atoms with Crippen LogP contribution in [0.3, 0.4) is 0 Å². The third-order valence-electron chi connectivity index (χ3n) is 3.20. The number of hydrogen-bond donors (Lipinski definition) is 2. The number of halogens is 2. The first kappa shape index (κ1) is 16.5. The van der Waals surface area contributed by atoms with E-state index in [1.165, 1.54) is 17.7 Å². The van der Waals surface area contributed by atoms with Crippen LogP contribution in [0.25, 0.3) is 0 Å². The van der Waals surface area contributed by atoms with Crippen LogP contribution in [0.2, 0.25) is 0 Å². The number of amides is 2. The molecule has 0 heterocycles. The Morgan fingerprint density at radius 3 is 2.23 bits per heavy atom. The van der Waals surface area contributed by atoms with Gasteiger partial charge in [-0.3, -0.25) is 0 Å². The molecule has 0 aliphatic carbocycles. The van der Waals surface area contributed by atoms with Crippen molar-refractivity contribution in [1.82, 2.24) is 10.6 Å². The molecule has 0 spiro atoms. The van der Waals surface area contributed by atoms with Crippen molar-refractivity contribution >= 4 is 22.0 Å². The SMILES string of the molecule is O=C(NCCc1ccc(Br)cc1)NCCc1cccc(F)c1. The fraction of sp³-hybridized carbons (Fsp3) is 0.235. The summed E-state index contributed by atoms with van der Waals surface area (Å²) in [6.07, 6.45) is 1.39. The second kappa shape index (κ2) is 8.54. The van der Waals surface area contributed by atoms with E-state index in [0.29, 0.717) is 19.5 Å². The van der Waals surface area contributed by atoms with Crippen molar-refractivity contribution in [1.29, 1.82) is 0 Å². The molecule has 2 aromatic carbocycles. The Kier molecular flexibility index (Phi) is 6.40. The number of urea groups is 1. The third kappa shape index (κ3) is 5.85. The molecule has 22 heavy (non-hydrogen) atoms. The number of hydrogen-bond acceptors (Lipinski definition) is 1. The van der Waals surface area contributed by atoms with Gasteiger partial charge < -0.3 is 10.6 Å². The fourth-order valence-electron chi connectivity index (χ4n) is 2.05. The van der Waals surface area contributed by atoms with Gasteiger partial charge in [0.05, 0.1) is 0 Å². The Morgan fingerprint density at radius 1 is 0.955 bits per heavy atom. The van der Waals surface area contributed by atoms with Crippen LogP contribution in [-0.2, 0) is 12.8 Å². The van der Waals surface area contributed by atoms with Crippen molar-refractivity contribution in [3.05, 3.63) is 69.9 Å². The maximum atomic E-state index is 13.0. The van der Waals surface area contributed by atoms with Crippen molar-refractivity contribution in [3.8, 4) is 0 Å². The average Bonchev–Trinajstić information content (AvgIpc) is 2.49. The minimum absolute atomic E-state index is 0.200. The number of benzene rings is 2. The van der Waals surface area contributed by atoms with E-state index in [2.05, 4.69) is 26.6 Å². The van der Waals surface area contributed by atoms with Crippen molar-refractivity contribution in [2.45, 2.75) is 12.8 Å². The predicted octanol–water partition coefficient (Wildman–Crippen LogP) is 3.67. The number of rotatable bonds is 6. The van der Waals surface area contributed by atoms with Crippen molar-refractivity contribution < 1.29 is 9.18 Å². The Balaban J connectivity index is 1.62. The van der Waals surface area contributed by atoms with Crippen molar-refractivity contribution in [2.24, 2.45) is 0 Å². The molecule has 3 nitrogen and oxygen atoms in total. The lowest BCUT2D eigenvalue weighted by Crippen LogP contribution is -2.37. The summed E-state index contributed by atoms with van der Waals surface area (Å²) in [6.45, 7) is 1.06. The molecule has 0 radical (unpaired) electrons. The molecule has 2 amide bonds. The topological polar surface area (TPSA) is 41.1 Å². The predicted molar refractivity (Wildman–Crippen MR) is 89.4 cm³/mol. The van der Waals surface area contributed by atoms with Gasteiger partial charge in [-0.25, -0.2) is 9.18 Å². The van der Waals surface area contributed by atoms with Gasteiger partial charge in [-0.2, -0.15) is 0 Å². The summed E-state index contributed by atoms with van der Waals surface area (Å²) in [5.74, 6) is -0.253. The van der Waals surface area contributed by atoms with Crippen LogP contribution in [0.5, 0.6) is 0 Å². The van der Waals surface area contributed by atoms with Gasteiger partial charge in [-0.05, 0) is 48.2 Å². The van der Waals surface area contributed by atoms with Crippen LogP contribution in [0, 0.1) is 5.82 Å². The molecule has 116 valence electrons. The Hall–Kier alpha value is -1.88. The summed E-state index contributed by atoms with van der Waals surface area (Å²) in [6, 6.07) is 14.2. The molecule has 0 aromatic heterocycles. The van der Waals surface area contributed by atoms with E-state index in [1.807, 2.05) is 30.3 Å². The maximum absolute atomic E-state index is 13.0. The minimum atomic E-state index is -0.253. The molecule has 0 saturated heterocycles. The van der Waals surface area contributed by atoms with E-state index in [1.54, 1.807) is 6.07 Å². The van der Waals surface area contributed by atoms with Gasteiger partial charge in [0.2, 0.25) is 0 Å². The fourth-order valence-corrected chi connectivity index (χ4v) is 2.31. The van der Waals surface area contributed by atoms with Crippen LogP contribution in [-0.4, -0.2) is 19.1 Å². The van der Waals surface area contributed by atoms with Crippen LogP contribution < -0.4 is 10.6 Å². The highest BCUT2D eigenvalue weighted by atomic mass is 79.9. The second-order valence-electron chi connectivity index (χ2n) is 4.94. The van der Waals surface area contributed by atoms with Crippen LogP contribution in [0.1, 0.15) is 11.1 Å². The summed E-state index contributed by atoms with van der Waals surface area (Å²) in [5, 5.41) is 5.57. The van der Waals surface area contributed by atoms with Crippen LogP contribution >= 0.6 is 15.9 Å². The van der Waals surface area contributed by atoms with Crippen LogP contribution in [0.15, 0.2) is 53.0 Å². The van der Waals surface area contributed by atoms with Gasteiger partial charge in [0.25, 0.3) is 0 Å². The van der Waals surface area contributed by atoms with Gasteiger partial charge in [0, 0.05) is 17.6 Å². The molecule has 2 aromatic rings. The quantitative estimate of drug-likeness (QED) is 0.806. The zero-order valence-corrected chi connectivity index (χ0v) is 13.7. The summed E-state index contributed by atoms with van der Waals surface area (Å²) in [5.41, 5.74) is 2.04. The average molecular weight is 365 g/mol. The van der Waals surface area contributed by atoms with Gasteiger partial charge in [-0.1, -0.05) is 40.2 Å². The van der Waals surface area contributed by atoms with Gasteiger partial charge in [-0.15, -0.1) is 0 Å². The molecule has 5 heteroatoms. The molecule has 0 aliphatic rings. The van der Waals surface area contributed by atoms with E-state index in [0.717, 1.165) is 16.5 Å². The summed E-state index contributed by atoms with van der Waals surface area (Å²) in [7, 11) is 0. The van der Waals surface area contributed by atoms with E-state index < -0.39 is 0 Å². The van der Waals surface area contributed by atoms with Gasteiger partial charge in [0.1, 0.15) is 5.82 Å². The van der Waals surface area contributed by atoms with E-state index in [-0.39, 0.29) is 11.8 Å². The Labute approximate surface area is 138 Å². The molecule has 0 atom stereocenters. The second-order valence-corrected chi connectivity index (χ2v) is 5.85. The highest BCUT2D eigenvalue weighted by Crippen LogP contribution is 2.10. The lowest BCUT2D eigenvalue weighted by Gasteiger charge is -2.08. The minimum Gasteiger partial charge on any atom is -0.338 e. The van der Waals surface area contributed by atoms with Crippen molar-refractivity contribution in [3.63, 3.8) is 0 Å². The first-order valence-corrected chi connectivity index (χ1v) is 7.93. The normalized spacial score (nSPS) is 10.3. The Bertz CT molecular complexity index is 616. The molecular weight excluding hydrogens is 347 g/mol. The van der Waals surface area contributed by atoms with Gasteiger partial charge in [0.15, 0.2) is 0 Å². The first-order valence-electron chi connectivity index (χ1n) is 7.14. The van der Waals surface area contributed by atoms with E-state index >= 15 is 0 Å². The lowest BCUT2D eigenvalue weighted by molar-refractivity contribution is 0.241. The third-order valence-corrected chi connectivity index (χ3v) is 3.73. The van der Waals surface area contributed by atoms with E-state index in [9.17, 15) is 9.18 Å². The van der Waals surface area contributed by atoms with Gasteiger partial charge >= 0.3 is 6.03 Å². The highest BCUT2D eigenvalue weighted by molar-refractivity contribution is 9.10. The molecule has 2 N–H and O–H groups in total.